The molecule has 186 valence electrons. The maximum Gasteiger partial charge on any atom is 0.388 e. The minimum Gasteiger partial charge on any atom is -0.481 e. The predicted molar refractivity (Wildman–Crippen MR) is 155 cm³/mol. The molecule has 3 aromatic heterocycles. The summed E-state index contributed by atoms with van der Waals surface area (Å²) in [4.78, 5) is 21.5. The molecule has 3 rings (SSSR count). The molecule has 1 N–H and O–H groups in total. The van der Waals surface area contributed by atoms with Crippen molar-refractivity contribution in [2.75, 3.05) is 7.11 Å². The van der Waals surface area contributed by atoms with Crippen LogP contribution in [0.25, 0.3) is 0 Å². The quantitative estimate of drug-likeness (QED) is 0.295. The summed E-state index contributed by atoms with van der Waals surface area (Å²) in [6.07, 6.45) is 5.08. The molecular formula is C23H26F2I3N3O3. The summed E-state index contributed by atoms with van der Waals surface area (Å²) in [6, 6.07) is 0. The monoisotopic (exact) mass is 811 g/mol. The number of H-pyrrole nitrogens is 1. The summed E-state index contributed by atoms with van der Waals surface area (Å²) >= 11 is 6.55. The van der Waals surface area contributed by atoms with E-state index < -0.39 is 6.61 Å². The van der Waals surface area contributed by atoms with Gasteiger partial charge in [0.15, 0.2) is 0 Å². The third-order valence-corrected chi connectivity index (χ3v) is 9.55. The van der Waals surface area contributed by atoms with Gasteiger partial charge in [-0.2, -0.15) is 8.78 Å². The lowest BCUT2D eigenvalue weighted by atomic mass is 10.2. The van der Waals surface area contributed by atoms with Gasteiger partial charge in [-0.3, -0.25) is 4.79 Å². The molecule has 0 spiro atoms. The van der Waals surface area contributed by atoms with Crippen molar-refractivity contribution < 1.29 is 18.3 Å². The number of hydrogen-bond acceptors (Lipinski definition) is 5. The minimum atomic E-state index is -2.82. The highest BCUT2D eigenvalue weighted by Gasteiger charge is 2.11. The van der Waals surface area contributed by atoms with E-state index in [2.05, 4.69) is 87.5 Å². The zero-order chi connectivity index (χ0) is 26.2. The third kappa shape index (κ3) is 8.84. The van der Waals surface area contributed by atoms with Crippen LogP contribution in [0.1, 0.15) is 33.4 Å². The lowest BCUT2D eigenvalue weighted by Gasteiger charge is -2.08. The number of nitrogens with zero attached hydrogens (tertiary/aromatic N) is 2. The third-order valence-electron chi connectivity index (χ3n) is 4.57. The summed E-state index contributed by atoms with van der Waals surface area (Å²) in [6.45, 7) is 8.62. The maximum absolute atomic E-state index is 11.9. The molecule has 0 radical (unpaired) electrons. The number of methoxy groups -OCH3 is 1. The molecular weight excluding hydrogens is 785 g/mol. The highest BCUT2D eigenvalue weighted by molar-refractivity contribution is 14.1. The van der Waals surface area contributed by atoms with Crippen molar-refractivity contribution in [2.45, 2.75) is 48.2 Å². The molecule has 0 fully saturated rings. The molecule has 6 nitrogen and oxygen atoms in total. The van der Waals surface area contributed by atoms with Crippen LogP contribution in [0.2, 0.25) is 0 Å². The number of nitrogens with one attached hydrogen (secondary N) is 1. The van der Waals surface area contributed by atoms with E-state index in [9.17, 15) is 13.6 Å². The summed E-state index contributed by atoms with van der Waals surface area (Å²) < 4.78 is 36.2. The van der Waals surface area contributed by atoms with E-state index in [0.29, 0.717) is 5.56 Å². The zero-order valence-electron chi connectivity index (χ0n) is 19.8. The number of hydrogen-bond donors (Lipinski definition) is 1. The van der Waals surface area contributed by atoms with E-state index in [1.165, 1.54) is 15.3 Å². The van der Waals surface area contributed by atoms with E-state index in [-0.39, 0.29) is 11.4 Å². The number of pyridine rings is 3. The largest absolute Gasteiger partial charge is 0.481 e. The first-order valence-electron chi connectivity index (χ1n) is 9.88. The summed E-state index contributed by atoms with van der Waals surface area (Å²) in [5.74, 6) is 0.727. The first kappa shape index (κ1) is 30.9. The van der Waals surface area contributed by atoms with Gasteiger partial charge in [-0.05, 0) is 126 Å². The number of alkyl halides is 2. The molecule has 11 heteroatoms. The van der Waals surface area contributed by atoms with Crippen LogP contribution in [-0.4, -0.2) is 28.7 Å². The van der Waals surface area contributed by atoms with Gasteiger partial charge in [0.2, 0.25) is 11.8 Å². The van der Waals surface area contributed by atoms with Crippen LogP contribution in [0.4, 0.5) is 8.78 Å². The normalized spacial score (nSPS) is 10.1. The van der Waals surface area contributed by atoms with Crippen LogP contribution in [0.15, 0.2) is 23.4 Å². The van der Waals surface area contributed by atoms with Gasteiger partial charge in [0.1, 0.15) is 0 Å². The molecule has 0 unspecified atom stereocenters. The molecule has 0 aliphatic heterocycles. The van der Waals surface area contributed by atoms with Crippen LogP contribution in [0.3, 0.4) is 0 Å². The highest BCUT2D eigenvalue weighted by atomic mass is 127. The second kappa shape index (κ2) is 14.5. The molecule has 0 amide bonds. The molecule has 0 aromatic carbocycles. The van der Waals surface area contributed by atoms with Crippen molar-refractivity contribution in [1.29, 1.82) is 0 Å². The van der Waals surface area contributed by atoms with Crippen LogP contribution >= 0.6 is 67.8 Å². The fourth-order valence-electron chi connectivity index (χ4n) is 2.55. The Balaban J connectivity index is 0.000000257. The molecule has 3 heterocycles. The fraction of sp³-hybridized carbons (Fsp3) is 0.348. The van der Waals surface area contributed by atoms with Gasteiger partial charge in [0.25, 0.3) is 5.56 Å². The summed E-state index contributed by atoms with van der Waals surface area (Å²) in [7, 11) is 1.64. The van der Waals surface area contributed by atoms with E-state index in [0.717, 1.165) is 35.3 Å². The Kier molecular flexibility index (Phi) is 13.2. The topological polar surface area (TPSA) is 77.1 Å². The predicted octanol–water partition coefficient (Wildman–Crippen LogP) is 6.81. The number of aryl methyl sites for hydroxylation is 3. The Morgan fingerprint density at radius 1 is 0.794 bits per heavy atom. The number of ether oxygens (including phenoxy) is 2. The first-order valence-corrected chi connectivity index (χ1v) is 13.1. The van der Waals surface area contributed by atoms with Crippen molar-refractivity contribution in [3.8, 4) is 11.8 Å². The van der Waals surface area contributed by atoms with Gasteiger partial charge < -0.3 is 14.5 Å². The fourth-order valence-corrected chi connectivity index (χ4v) is 3.69. The Morgan fingerprint density at radius 2 is 1.24 bits per heavy atom. The van der Waals surface area contributed by atoms with Gasteiger partial charge in [-0.25, -0.2) is 9.97 Å². The van der Waals surface area contributed by atoms with Gasteiger partial charge >= 0.3 is 6.61 Å². The average Bonchev–Trinajstić information content (AvgIpc) is 2.80. The van der Waals surface area contributed by atoms with Gasteiger partial charge in [-0.15, -0.1) is 0 Å². The van der Waals surface area contributed by atoms with E-state index in [4.69, 9.17) is 4.74 Å². The Bertz CT molecular complexity index is 1190. The lowest BCUT2D eigenvalue weighted by Crippen LogP contribution is -2.11. The van der Waals surface area contributed by atoms with Gasteiger partial charge in [0.05, 0.1) is 7.11 Å². The molecule has 0 saturated carbocycles. The molecule has 0 bridgehead atoms. The Labute approximate surface area is 239 Å². The van der Waals surface area contributed by atoms with Crippen molar-refractivity contribution in [2.24, 2.45) is 0 Å². The molecule has 0 atom stereocenters. The highest BCUT2D eigenvalue weighted by Crippen LogP contribution is 2.24. The SMILES string of the molecule is COc1ncc(C)c(I)c1C.Cc1c[nH]c(=O)c(C)c1I.Cc1cnc(OC(F)F)c(C)c1I. The first-order chi connectivity index (χ1) is 15.8. The standard InChI is InChI=1S/C8H8F2INO.C8H10INO.C7H8INO/c1-4-3-12-7(13-8(9)10)5(2)6(4)11;1-5-4-10-8(11-3)6(2)7(5)9;1-4-3-9-7(10)5(2)6(4)8/h3,8H,1-2H3;4H,1-3H3;3H,1-2H3,(H,9,10). The van der Waals surface area contributed by atoms with Crippen molar-refractivity contribution in [3.05, 3.63) is 73.0 Å². The lowest BCUT2D eigenvalue weighted by molar-refractivity contribution is -0.0534. The number of rotatable bonds is 3. The molecule has 34 heavy (non-hydrogen) atoms. The molecule has 3 aromatic rings. The minimum absolute atomic E-state index is 0.00463. The van der Waals surface area contributed by atoms with Crippen molar-refractivity contribution >= 4 is 67.8 Å². The molecule has 0 aliphatic carbocycles. The van der Waals surface area contributed by atoms with Crippen molar-refractivity contribution in [3.63, 3.8) is 0 Å². The summed E-state index contributed by atoms with van der Waals surface area (Å²) in [5, 5.41) is 0. The molecule has 0 aliphatic rings. The second-order valence-electron chi connectivity index (χ2n) is 7.19. The van der Waals surface area contributed by atoms with Crippen LogP contribution in [0.5, 0.6) is 11.8 Å². The Morgan fingerprint density at radius 3 is 1.68 bits per heavy atom. The van der Waals surface area contributed by atoms with E-state index in [1.54, 1.807) is 20.2 Å². The maximum atomic E-state index is 11.9. The zero-order valence-corrected chi connectivity index (χ0v) is 26.3. The van der Waals surface area contributed by atoms with Gasteiger partial charge in [0, 0.05) is 46.0 Å². The van der Waals surface area contributed by atoms with Crippen LogP contribution in [-0.2, 0) is 0 Å². The smallest absolute Gasteiger partial charge is 0.388 e. The number of aromatic amines is 1. The summed E-state index contributed by atoms with van der Waals surface area (Å²) in [5.41, 5.74) is 5.87. The van der Waals surface area contributed by atoms with Crippen LogP contribution in [0, 0.1) is 52.3 Å². The second-order valence-corrected chi connectivity index (χ2v) is 10.4. The average molecular weight is 811 g/mol. The van der Waals surface area contributed by atoms with Gasteiger partial charge in [-0.1, -0.05) is 0 Å². The Hall–Kier alpha value is -1.10. The van der Waals surface area contributed by atoms with E-state index >= 15 is 0 Å². The number of halogens is 5. The van der Waals surface area contributed by atoms with Crippen LogP contribution < -0.4 is 15.0 Å². The number of aromatic nitrogens is 3. The van der Waals surface area contributed by atoms with E-state index in [1.807, 2.05) is 40.8 Å². The molecule has 0 saturated heterocycles. The van der Waals surface area contributed by atoms with Crippen molar-refractivity contribution in [1.82, 2.24) is 15.0 Å².